The van der Waals surface area contributed by atoms with Crippen LogP contribution in [0.2, 0.25) is 0 Å². The fourth-order valence-electron chi connectivity index (χ4n) is 3.99. The summed E-state index contributed by atoms with van der Waals surface area (Å²) in [6.07, 6.45) is 8.23. The summed E-state index contributed by atoms with van der Waals surface area (Å²) in [6, 6.07) is 7.03. The van der Waals surface area contributed by atoms with Gasteiger partial charge in [-0.3, -0.25) is 9.78 Å². The van der Waals surface area contributed by atoms with E-state index in [1.165, 1.54) is 19.3 Å². The van der Waals surface area contributed by atoms with Crippen LogP contribution in [-0.4, -0.2) is 27.3 Å². The van der Waals surface area contributed by atoms with Gasteiger partial charge in [-0.1, -0.05) is 13.8 Å². The molecule has 0 fully saturated rings. The number of Topliss-reactive ketones (excluding diaryl/α,β-unsaturated/α-hetero) is 1. The molecule has 1 aliphatic rings. The molecule has 1 unspecified atom stereocenters. The first-order valence-corrected chi connectivity index (χ1v) is 9.12. The number of carbonyl (C=O) groups excluding carboxylic acids is 1. The van der Waals surface area contributed by atoms with E-state index in [9.17, 15) is 14.4 Å². The fourth-order valence-corrected chi connectivity index (χ4v) is 3.99. The molecule has 1 atom stereocenters. The number of allylic oxidation sites excluding steroid dienone is 1. The van der Waals surface area contributed by atoms with E-state index in [4.69, 9.17) is 4.74 Å². The SMILES string of the molecule is COC1(c2ncc(F)cc2-c2ccc3nccn3c2)C=C(C#N)C(=O)C(C)(C)C1. The van der Waals surface area contributed by atoms with Crippen molar-refractivity contribution in [3.63, 3.8) is 0 Å². The maximum atomic E-state index is 14.2. The number of pyridine rings is 2. The highest BCUT2D eigenvalue weighted by molar-refractivity contribution is 6.04. The number of ketones is 1. The van der Waals surface area contributed by atoms with Crippen LogP contribution in [-0.2, 0) is 15.1 Å². The van der Waals surface area contributed by atoms with Crippen molar-refractivity contribution in [1.29, 1.82) is 5.26 Å². The van der Waals surface area contributed by atoms with Crippen LogP contribution in [0.3, 0.4) is 0 Å². The number of hydrogen-bond donors (Lipinski definition) is 0. The van der Waals surface area contributed by atoms with Gasteiger partial charge >= 0.3 is 0 Å². The maximum Gasteiger partial charge on any atom is 0.178 e. The number of fused-ring (bicyclic) bond motifs is 1. The Bertz CT molecular complexity index is 1200. The molecule has 7 heteroatoms. The van der Waals surface area contributed by atoms with Crippen molar-refractivity contribution in [2.24, 2.45) is 5.41 Å². The Kier molecular flexibility index (Phi) is 4.32. The van der Waals surface area contributed by atoms with Crippen LogP contribution in [0.1, 0.15) is 26.0 Å². The standard InChI is InChI=1S/C22H19FN4O2/c1-21(2)13-22(29-3,9-15(10-24)20(21)28)19-17(8-16(23)11-26-19)14-4-5-18-25-6-7-27(18)12-14/h4-9,11-12H,13H2,1-3H3. The van der Waals surface area contributed by atoms with E-state index in [0.29, 0.717) is 11.3 Å². The zero-order valence-corrected chi connectivity index (χ0v) is 16.3. The number of aromatic nitrogens is 3. The average molecular weight is 390 g/mol. The van der Waals surface area contributed by atoms with Gasteiger partial charge in [0.2, 0.25) is 0 Å². The molecule has 0 amide bonds. The number of halogens is 1. The van der Waals surface area contributed by atoms with Crippen LogP contribution in [0.4, 0.5) is 4.39 Å². The van der Waals surface area contributed by atoms with Gasteiger partial charge in [0, 0.05) is 42.2 Å². The molecular weight excluding hydrogens is 371 g/mol. The highest BCUT2D eigenvalue weighted by atomic mass is 19.1. The minimum absolute atomic E-state index is 0.0187. The number of ether oxygens (including phenoxy) is 1. The van der Waals surface area contributed by atoms with Gasteiger partial charge in [-0.05, 0) is 30.7 Å². The van der Waals surface area contributed by atoms with Gasteiger partial charge in [-0.25, -0.2) is 9.37 Å². The number of methoxy groups -OCH3 is 1. The normalized spacial score (nSPS) is 21.1. The molecule has 3 aromatic rings. The van der Waals surface area contributed by atoms with Crippen LogP contribution in [0.5, 0.6) is 0 Å². The third-order valence-corrected chi connectivity index (χ3v) is 5.38. The Morgan fingerprint density at radius 2 is 2.10 bits per heavy atom. The fraction of sp³-hybridized carbons (Fsp3) is 0.273. The summed E-state index contributed by atoms with van der Waals surface area (Å²) < 4.78 is 21.9. The molecule has 146 valence electrons. The summed E-state index contributed by atoms with van der Waals surface area (Å²) in [5.74, 6) is -0.729. The number of hydrogen-bond acceptors (Lipinski definition) is 5. The Balaban J connectivity index is 1.98. The van der Waals surface area contributed by atoms with Gasteiger partial charge < -0.3 is 9.14 Å². The van der Waals surface area contributed by atoms with Crippen LogP contribution in [0.15, 0.2) is 54.6 Å². The second-order valence-electron chi connectivity index (χ2n) is 7.81. The number of rotatable bonds is 3. The van der Waals surface area contributed by atoms with Gasteiger partial charge in [0.05, 0.1) is 17.5 Å². The third-order valence-electron chi connectivity index (χ3n) is 5.38. The van der Waals surface area contributed by atoms with E-state index in [0.717, 1.165) is 17.4 Å². The molecule has 1 aliphatic carbocycles. The molecule has 0 radical (unpaired) electrons. The van der Waals surface area contributed by atoms with Crippen molar-refractivity contribution in [2.75, 3.05) is 7.11 Å². The van der Waals surface area contributed by atoms with Crippen molar-refractivity contribution in [2.45, 2.75) is 25.9 Å². The Hall–Kier alpha value is -3.37. The molecule has 0 saturated carbocycles. The van der Waals surface area contributed by atoms with E-state index in [1.807, 2.05) is 28.8 Å². The van der Waals surface area contributed by atoms with E-state index in [-0.39, 0.29) is 17.8 Å². The zero-order chi connectivity index (χ0) is 20.8. The highest BCUT2D eigenvalue weighted by Crippen LogP contribution is 2.47. The van der Waals surface area contributed by atoms with E-state index < -0.39 is 16.8 Å². The number of nitrogens with zero attached hydrogens (tertiary/aromatic N) is 4. The molecule has 0 aromatic carbocycles. The first-order chi connectivity index (χ1) is 13.8. The Morgan fingerprint density at radius 1 is 1.31 bits per heavy atom. The first-order valence-electron chi connectivity index (χ1n) is 9.12. The Morgan fingerprint density at radius 3 is 2.83 bits per heavy atom. The maximum absolute atomic E-state index is 14.2. The van der Waals surface area contributed by atoms with Gasteiger partial charge in [-0.15, -0.1) is 0 Å². The molecule has 3 aromatic heterocycles. The van der Waals surface area contributed by atoms with Crippen LogP contribution < -0.4 is 0 Å². The number of imidazole rings is 1. The molecule has 0 bridgehead atoms. The molecule has 4 rings (SSSR count). The van der Waals surface area contributed by atoms with Crippen LogP contribution in [0, 0.1) is 22.6 Å². The molecule has 0 saturated heterocycles. The van der Waals surface area contributed by atoms with E-state index >= 15 is 0 Å². The lowest BCUT2D eigenvalue weighted by atomic mass is 9.68. The lowest BCUT2D eigenvalue weighted by molar-refractivity contribution is -0.128. The molecule has 0 N–H and O–H groups in total. The molecule has 6 nitrogen and oxygen atoms in total. The van der Waals surface area contributed by atoms with Crippen molar-refractivity contribution >= 4 is 11.4 Å². The first kappa shape index (κ1) is 19.0. The second kappa shape index (κ2) is 6.61. The topological polar surface area (TPSA) is 80.3 Å². The average Bonchev–Trinajstić information content (AvgIpc) is 3.17. The highest BCUT2D eigenvalue weighted by Gasteiger charge is 2.48. The molecule has 29 heavy (non-hydrogen) atoms. The quantitative estimate of drug-likeness (QED) is 0.679. The van der Waals surface area contributed by atoms with Gasteiger partial charge in [0.15, 0.2) is 5.78 Å². The summed E-state index contributed by atoms with van der Waals surface area (Å²) >= 11 is 0. The lowest BCUT2D eigenvalue weighted by Crippen LogP contribution is -2.43. The second-order valence-corrected chi connectivity index (χ2v) is 7.81. The largest absolute Gasteiger partial charge is 0.368 e. The van der Waals surface area contributed by atoms with E-state index in [2.05, 4.69) is 9.97 Å². The monoisotopic (exact) mass is 390 g/mol. The smallest absolute Gasteiger partial charge is 0.178 e. The summed E-state index contributed by atoms with van der Waals surface area (Å²) in [4.78, 5) is 21.2. The molecule has 0 spiro atoms. The summed E-state index contributed by atoms with van der Waals surface area (Å²) in [5, 5.41) is 9.51. The van der Waals surface area contributed by atoms with Crippen molar-refractivity contribution in [3.8, 4) is 17.2 Å². The molecular formula is C22H19FN4O2. The predicted octanol–water partition coefficient (Wildman–Crippen LogP) is 3.83. The van der Waals surface area contributed by atoms with Crippen LogP contribution in [0.25, 0.3) is 16.8 Å². The molecule has 3 heterocycles. The van der Waals surface area contributed by atoms with Gasteiger partial charge in [0.1, 0.15) is 23.1 Å². The summed E-state index contributed by atoms with van der Waals surface area (Å²) in [7, 11) is 1.51. The van der Waals surface area contributed by atoms with Crippen LogP contribution >= 0.6 is 0 Å². The third kappa shape index (κ3) is 3.02. The van der Waals surface area contributed by atoms with E-state index in [1.54, 1.807) is 26.2 Å². The molecule has 0 aliphatic heterocycles. The minimum Gasteiger partial charge on any atom is -0.368 e. The number of carbonyl (C=O) groups is 1. The summed E-state index contributed by atoms with van der Waals surface area (Å²) in [5.41, 5.74) is 0.501. The van der Waals surface area contributed by atoms with Crippen molar-refractivity contribution < 1.29 is 13.9 Å². The van der Waals surface area contributed by atoms with Gasteiger partial charge in [-0.2, -0.15) is 5.26 Å². The predicted molar refractivity (Wildman–Crippen MR) is 104 cm³/mol. The van der Waals surface area contributed by atoms with Gasteiger partial charge in [0.25, 0.3) is 0 Å². The number of nitriles is 1. The van der Waals surface area contributed by atoms with Crippen molar-refractivity contribution in [3.05, 3.63) is 66.1 Å². The lowest BCUT2D eigenvalue weighted by Gasteiger charge is -2.40. The Labute approximate surface area is 167 Å². The summed E-state index contributed by atoms with van der Waals surface area (Å²) in [6.45, 7) is 3.54. The minimum atomic E-state index is -1.14. The zero-order valence-electron chi connectivity index (χ0n) is 16.3. The van der Waals surface area contributed by atoms with Crippen molar-refractivity contribution in [1.82, 2.24) is 14.4 Å².